The first kappa shape index (κ1) is 15.6. The maximum Gasteiger partial charge on any atom is 0.263 e. The Hall–Kier alpha value is -1.42. The van der Waals surface area contributed by atoms with Crippen molar-refractivity contribution < 1.29 is 4.79 Å². The van der Waals surface area contributed by atoms with Crippen LogP contribution >= 0.6 is 11.3 Å². The molecule has 104 valence electrons. The molecule has 1 amide bonds. The van der Waals surface area contributed by atoms with Gasteiger partial charge in [0.15, 0.2) is 0 Å². The lowest BCUT2D eigenvalue weighted by molar-refractivity contribution is 0.0956. The molecule has 0 aliphatic rings. The second kappa shape index (κ2) is 7.89. The molecule has 0 atom stereocenters. The van der Waals surface area contributed by atoms with Crippen LogP contribution in [0.25, 0.3) is 0 Å². The van der Waals surface area contributed by atoms with Crippen molar-refractivity contribution in [2.75, 3.05) is 6.54 Å². The summed E-state index contributed by atoms with van der Waals surface area (Å²) in [6.07, 6.45) is 8.13. The summed E-state index contributed by atoms with van der Waals surface area (Å²) in [5.41, 5.74) is 2.15. The number of rotatable bonds is 6. The largest absolute Gasteiger partial charge is 0.351 e. The third-order valence-electron chi connectivity index (χ3n) is 2.72. The van der Waals surface area contributed by atoms with Gasteiger partial charge in [0.1, 0.15) is 4.88 Å². The SMILES string of the molecule is CC=CC=C(C)CCCNC(=O)c1sc(C)nc1C. The lowest BCUT2D eigenvalue weighted by Gasteiger charge is -2.04. The van der Waals surface area contributed by atoms with Crippen LogP contribution in [0, 0.1) is 13.8 Å². The summed E-state index contributed by atoms with van der Waals surface area (Å²) in [6, 6.07) is 0. The minimum Gasteiger partial charge on any atom is -0.351 e. The molecule has 3 nitrogen and oxygen atoms in total. The van der Waals surface area contributed by atoms with Crippen molar-refractivity contribution in [2.24, 2.45) is 0 Å². The van der Waals surface area contributed by atoms with Gasteiger partial charge >= 0.3 is 0 Å². The van der Waals surface area contributed by atoms with Crippen LogP contribution in [0.3, 0.4) is 0 Å². The minimum absolute atomic E-state index is 0.00168. The van der Waals surface area contributed by atoms with Crippen LogP contribution in [0.4, 0.5) is 0 Å². The Balaban J connectivity index is 2.34. The van der Waals surface area contributed by atoms with Crippen LogP contribution in [-0.4, -0.2) is 17.4 Å². The number of allylic oxidation sites excluding steroid dienone is 4. The molecule has 0 fully saturated rings. The van der Waals surface area contributed by atoms with E-state index in [9.17, 15) is 4.79 Å². The van der Waals surface area contributed by atoms with E-state index in [1.54, 1.807) is 0 Å². The third-order valence-corrected chi connectivity index (χ3v) is 3.79. The fourth-order valence-electron chi connectivity index (χ4n) is 1.74. The lowest BCUT2D eigenvalue weighted by atomic mass is 10.1. The summed E-state index contributed by atoms with van der Waals surface area (Å²) in [5, 5.41) is 3.89. The van der Waals surface area contributed by atoms with E-state index < -0.39 is 0 Å². The Morgan fingerprint density at radius 1 is 1.42 bits per heavy atom. The molecular formula is C15H22N2OS. The highest BCUT2D eigenvalue weighted by atomic mass is 32.1. The molecule has 0 radical (unpaired) electrons. The molecule has 0 aliphatic heterocycles. The van der Waals surface area contributed by atoms with E-state index >= 15 is 0 Å². The van der Waals surface area contributed by atoms with Crippen LogP contribution in [0.2, 0.25) is 0 Å². The van der Waals surface area contributed by atoms with Crippen molar-refractivity contribution in [1.29, 1.82) is 0 Å². The number of nitrogens with zero attached hydrogens (tertiary/aromatic N) is 1. The summed E-state index contributed by atoms with van der Waals surface area (Å²) in [6.45, 7) is 8.62. The first-order valence-electron chi connectivity index (χ1n) is 6.55. The standard InChI is InChI=1S/C15H22N2OS/c1-5-6-8-11(2)9-7-10-16-15(18)14-12(3)17-13(4)19-14/h5-6,8H,7,9-10H2,1-4H3,(H,16,18). The van der Waals surface area contributed by atoms with Crippen LogP contribution in [-0.2, 0) is 0 Å². The van der Waals surface area contributed by atoms with Gasteiger partial charge < -0.3 is 5.32 Å². The van der Waals surface area contributed by atoms with Crippen molar-refractivity contribution >= 4 is 17.2 Å². The highest BCUT2D eigenvalue weighted by Crippen LogP contribution is 2.16. The van der Waals surface area contributed by atoms with Gasteiger partial charge in [-0.1, -0.05) is 23.8 Å². The van der Waals surface area contributed by atoms with E-state index in [1.165, 1.54) is 16.9 Å². The number of hydrogen-bond acceptors (Lipinski definition) is 3. The average molecular weight is 278 g/mol. The van der Waals surface area contributed by atoms with Crippen molar-refractivity contribution in [1.82, 2.24) is 10.3 Å². The van der Waals surface area contributed by atoms with E-state index in [0.29, 0.717) is 6.54 Å². The van der Waals surface area contributed by atoms with Gasteiger partial charge in [-0.2, -0.15) is 0 Å². The van der Waals surface area contributed by atoms with E-state index in [1.807, 2.05) is 32.9 Å². The maximum atomic E-state index is 11.9. The van der Waals surface area contributed by atoms with E-state index in [-0.39, 0.29) is 5.91 Å². The van der Waals surface area contributed by atoms with E-state index in [4.69, 9.17) is 0 Å². The van der Waals surface area contributed by atoms with E-state index in [0.717, 1.165) is 28.4 Å². The third kappa shape index (κ3) is 5.39. The zero-order chi connectivity index (χ0) is 14.3. The summed E-state index contributed by atoms with van der Waals surface area (Å²) in [7, 11) is 0. The number of hydrogen-bond donors (Lipinski definition) is 1. The Morgan fingerprint density at radius 3 is 2.74 bits per heavy atom. The predicted molar refractivity (Wildman–Crippen MR) is 81.7 cm³/mol. The summed E-state index contributed by atoms with van der Waals surface area (Å²) in [5.74, 6) is -0.00168. The Bertz CT molecular complexity index is 486. The van der Waals surface area contributed by atoms with Crippen molar-refractivity contribution in [3.63, 3.8) is 0 Å². The van der Waals surface area contributed by atoms with Crippen molar-refractivity contribution in [2.45, 2.75) is 40.5 Å². The zero-order valence-corrected chi connectivity index (χ0v) is 12.9. The molecule has 0 unspecified atom stereocenters. The van der Waals surface area contributed by atoms with Gasteiger partial charge in [0.05, 0.1) is 10.7 Å². The average Bonchev–Trinajstić information content (AvgIpc) is 2.71. The van der Waals surface area contributed by atoms with E-state index in [2.05, 4.69) is 23.3 Å². The molecule has 1 aromatic heterocycles. The zero-order valence-electron chi connectivity index (χ0n) is 12.1. The van der Waals surface area contributed by atoms with Gasteiger partial charge in [-0.05, 0) is 40.5 Å². The first-order chi connectivity index (χ1) is 9.04. The van der Waals surface area contributed by atoms with Crippen molar-refractivity contribution in [3.05, 3.63) is 39.4 Å². The monoisotopic (exact) mass is 278 g/mol. The number of carbonyl (C=O) groups is 1. The quantitative estimate of drug-likeness (QED) is 0.635. The topological polar surface area (TPSA) is 42.0 Å². The Kier molecular flexibility index (Phi) is 6.50. The van der Waals surface area contributed by atoms with Crippen LogP contribution in [0.1, 0.15) is 47.1 Å². The predicted octanol–water partition coefficient (Wildman–Crippen LogP) is 3.79. The summed E-state index contributed by atoms with van der Waals surface area (Å²) in [4.78, 5) is 16.9. The maximum absolute atomic E-state index is 11.9. The Labute approximate surface area is 119 Å². The second-order valence-corrected chi connectivity index (χ2v) is 5.75. The fourth-order valence-corrected chi connectivity index (χ4v) is 2.57. The molecule has 0 saturated heterocycles. The Morgan fingerprint density at radius 2 is 2.16 bits per heavy atom. The minimum atomic E-state index is -0.00168. The highest BCUT2D eigenvalue weighted by molar-refractivity contribution is 7.13. The summed E-state index contributed by atoms with van der Waals surface area (Å²) >= 11 is 1.45. The normalized spacial score (nSPS) is 12.1. The molecule has 1 rings (SSSR count). The fraction of sp³-hybridized carbons (Fsp3) is 0.467. The molecule has 19 heavy (non-hydrogen) atoms. The van der Waals surface area contributed by atoms with Crippen LogP contribution < -0.4 is 5.32 Å². The first-order valence-corrected chi connectivity index (χ1v) is 7.37. The van der Waals surface area contributed by atoms with Gasteiger partial charge in [-0.25, -0.2) is 4.98 Å². The van der Waals surface area contributed by atoms with Crippen LogP contribution in [0.15, 0.2) is 23.8 Å². The number of thiazole rings is 1. The second-order valence-electron chi connectivity index (χ2n) is 4.55. The number of aryl methyl sites for hydroxylation is 2. The number of carbonyl (C=O) groups excluding carboxylic acids is 1. The molecule has 0 aliphatic carbocycles. The lowest BCUT2D eigenvalue weighted by Crippen LogP contribution is -2.24. The van der Waals surface area contributed by atoms with Gasteiger partial charge in [-0.15, -0.1) is 11.3 Å². The van der Waals surface area contributed by atoms with Gasteiger partial charge in [0, 0.05) is 6.54 Å². The molecule has 0 aromatic carbocycles. The van der Waals surface area contributed by atoms with Crippen LogP contribution in [0.5, 0.6) is 0 Å². The van der Waals surface area contributed by atoms with Gasteiger partial charge in [0.25, 0.3) is 5.91 Å². The number of aromatic nitrogens is 1. The molecule has 1 heterocycles. The molecular weight excluding hydrogens is 256 g/mol. The molecule has 0 saturated carbocycles. The number of amides is 1. The molecule has 1 N–H and O–H groups in total. The molecule has 4 heteroatoms. The molecule has 0 spiro atoms. The van der Waals surface area contributed by atoms with Crippen molar-refractivity contribution in [3.8, 4) is 0 Å². The number of nitrogens with one attached hydrogen (secondary N) is 1. The van der Waals surface area contributed by atoms with Gasteiger partial charge in [-0.3, -0.25) is 4.79 Å². The summed E-state index contributed by atoms with van der Waals surface area (Å²) < 4.78 is 0. The smallest absolute Gasteiger partial charge is 0.263 e. The highest BCUT2D eigenvalue weighted by Gasteiger charge is 2.12. The molecule has 0 bridgehead atoms. The van der Waals surface area contributed by atoms with Gasteiger partial charge in [0.2, 0.25) is 0 Å². The molecule has 1 aromatic rings.